The molecule has 10 heteroatoms. The second-order valence-electron chi connectivity index (χ2n) is 9.52. The van der Waals surface area contributed by atoms with Crippen LogP contribution in [0.25, 0.3) is 0 Å². The number of benzene rings is 2. The Kier molecular flexibility index (Phi) is 6.87. The quantitative estimate of drug-likeness (QED) is 0.564. The van der Waals surface area contributed by atoms with Crippen molar-refractivity contribution in [1.82, 2.24) is 20.4 Å². The second kappa shape index (κ2) is 9.88. The monoisotopic (exact) mass is 496 g/mol. The fourth-order valence-corrected chi connectivity index (χ4v) is 4.27. The largest absolute Gasteiger partial charge is 0.444 e. The van der Waals surface area contributed by atoms with Gasteiger partial charge in [0.15, 0.2) is 6.04 Å². The van der Waals surface area contributed by atoms with E-state index >= 15 is 0 Å². The van der Waals surface area contributed by atoms with Crippen LogP contribution < -0.4 is 16.2 Å². The highest BCUT2D eigenvalue weighted by molar-refractivity contribution is 5.84. The average molecular weight is 497 g/mol. The van der Waals surface area contributed by atoms with E-state index in [1.165, 1.54) is 18.3 Å². The van der Waals surface area contributed by atoms with Gasteiger partial charge in [-0.1, -0.05) is 30.3 Å². The molecule has 4 rings (SSSR count). The van der Waals surface area contributed by atoms with Crippen molar-refractivity contribution in [2.24, 2.45) is 0 Å². The number of hydrogen-bond acceptors (Lipinski definition) is 5. The van der Waals surface area contributed by atoms with E-state index in [2.05, 4.69) is 15.7 Å². The molecule has 0 spiro atoms. The van der Waals surface area contributed by atoms with Crippen molar-refractivity contribution >= 4 is 12.0 Å². The van der Waals surface area contributed by atoms with Gasteiger partial charge >= 0.3 is 6.09 Å². The molecule has 0 bridgehead atoms. The standard InChI is InChI=1S/C26H26F2N4O4/c1-26(2,3)36-25(35)31-22-17-8-5-4-7-15(17)13-20(22)30-24(34)23(32-21(33)9-6-12-29-32)18-11-10-16(27)14-19(18)28/h4-12,14,20,22-23H,13H2,1-3H3,(H,30,34)(H,31,35)/t20-,22-,23?/m0/s1. The van der Waals surface area contributed by atoms with Gasteiger partial charge in [-0.05, 0) is 50.5 Å². The molecule has 2 amide bonds. The Morgan fingerprint density at radius 2 is 1.83 bits per heavy atom. The number of rotatable bonds is 5. The van der Waals surface area contributed by atoms with Crippen LogP contribution in [0.2, 0.25) is 0 Å². The molecule has 0 radical (unpaired) electrons. The SMILES string of the molecule is CC(C)(C)OC(=O)N[C@H]1c2ccccc2C[C@@H]1NC(=O)C(c1ccc(F)cc1F)n1ncccc1=O. The number of ether oxygens (including phenoxy) is 1. The molecule has 1 aromatic heterocycles. The number of halogens is 2. The van der Waals surface area contributed by atoms with Crippen LogP contribution in [0.3, 0.4) is 0 Å². The molecule has 0 fully saturated rings. The minimum absolute atomic E-state index is 0.220. The van der Waals surface area contributed by atoms with Gasteiger partial charge in [-0.15, -0.1) is 0 Å². The van der Waals surface area contributed by atoms with Crippen LogP contribution in [0.5, 0.6) is 0 Å². The van der Waals surface area contributed by atoms with Crippen molar-refractivity contribution in [3.8, 4) is 0 Å². The van der Waals surface area contributed by atoms with E-state index < -0.39 is 52.9 Å². The van der Waals surface area contributed by atoms with Gasteiger partial charge in [0.2, 0.25) is 5.91 Å². The van der Waals surface area contributed by atoms with Crippen molar-refractivity contribution in [3.63, 3.8) is 0 Å². The van der Waals surface area contributed by atoms with E-state index in [1.54, 1.807) is 20.8 Å². The van der Waals surface area contributed by atoms with Gasteiger partial charge in [0.25, 0.3) is 5.56 Å². The lowest BCUT2D eigenvalue weighted by Gasteiger charge is -2.27. The van der Waals surface area contributed by atoms with Crippen molar-refractivity contribution in [3.05, 3.63) is 99.5 Å². The summed E-state index contributed by atoms with van der Waals surface area (Å²) in [4.78, 5) is 38.7. The van der Waals surface area contributed by atoms with Gasteiger partial charge in [0, 0.05) is 23.9 Å². The highest BCUT2D eigenvalue weighted by Gasteiger charge is 2.38. The summed E-state index contributed by atoms with van der Waals surface area (Å²) in [6.07, 6.45) is 1.00. The Labute approximate surface area is 206 Å². The van der Waals surface area contributed by atoms with Crippen LogP contribution in [0, 0.1) is 11.6 Å². The maximum Gasteiger partial charge on any atom is 0.408 e. The van der Waals surface area contributed by atoms with Gasteiger partial charge in [-0.3, -0.25) is 9.59 Å². The summed E-state index contributed by atoms with van der Waals surface area (Å²) in [7, 11) is 0. The fourth-order valence-electron chi connectivity index (χ4n) is 4.27. The Morgan fingerprint density at radius 3 is 2.53 bits per heavy atom. The number of fused-ring (bicyclic) bond motifs is 1. The maximum absolute atomic E-state index is 14.8. The van der Waals surface area contributed by atoms with E-state index in [0.717, 1.165) is 27.9 Å². The molecule has 0 saturated carbocycles. The smallest absolute Gasteiger partial charge is 0.408 e. The van der Waals surface area contributed by atoms with Crippen LogP contribution >= 0.6 is 0 Å². The first-order valence-electron chi connectivity index (χ1n) is 11.4. The second-order valence-corrected chi connectivity index (χ2v) is 9.52. The number of nitrogens with zero attached hydrogens (tertiary/aromatic N) is 2. The van der Waals surface area contributed by atoms with Crippen LogP contribution in [0.1, 0.15) is 49.5 Å². The molecular weight excluding hydrogens is 470 g/mol. The zero-order valence-electron chi connectivity index (χ0n) is 20.0. The number of amides is 2. The molecule has 3 aromatic rings. The van der Waals surface area contributed by atoms with Crippen molar-refractivity contribution in [2.75, 3.05) is 0 Å². The van der Waals surface area contributed by atoms with Crippen LogP contribution in [-0.4, -0.2) is 33.4 Å². The van der Waals surface area contributed by atoms with Gasteiger partial charge < -0.3 is 15.4 Å². The van der Waals surface area contributed by atoms with Gasteiger partial charge in [-0.2, -0.15) is 5.10 Å². The molecule has 1 aliphatic rings. The number of carbonyl (C=O) groups is 2. The lowest BCUT2D eigenvalue weighted by Crippen LogP contribution is -2.48. The zero-order chi connectivity index (χ0) is 26.0. The summed E-state index contributed by atoms with van der Waals surface area (Å²) in [5.41, 5.74) is 0.115. The normalized spacial score (nSPS) is 17.7. The number of hydrogen-bond donors (Lipinski definition) is 2. The minimum atomic E-state index is -1.51. The molecule has 1 heterocycles. The number of alkyl carbamates (subject to hydrolysis) is 1. The molecule has 1 unspecified atom stereocenters. The number of carbonyl (C=O) groups excluding carboxylic acids is 2. The average Bonchev–Trinajstić information content (AvgIpc) is 3.12. The first-order valence-corrected chi connectivity index (χ1v) is 11.4. The Bertz CT molecular complexity index is 1350. The van der Waals surface area contributed by atoms with Crippen LogP contribution in [0.4, 0.5) is 13.6 Å². The molecule has 0 saturated heterocycles. The minimum Gasteiger partial charge on any atom is -0.444 e. The van der Waals surface area contributed by atoms with Crippen LogP contribution in [-0.2, 0) is 16.0 Å². The Balaban J connectivity index is 1.67. The molecule has 0 aliphatic heterocycles. The predicted octanol–water partition coefficient (Wildman–Crippen LogP) is 3.42. The first-order chi connectivity index (χ1) is 17.0. The number of aromatic nitrogens is 2. The zero-order valence-corrected chi connectivity index (χ0v) is 20.0. The molecule has 188 valence electrons. The van der Waals surface area contributed by atoms with Crippen LogP contribution in [0.15, 0.2) is 65.6 Å². The lowest BCUT2D eigenvalue weighted by molar-refractivity contribution is -0.124. The summed E-state index contributed by atoms with van der Waals surface area (Å²) in [6.45, 7) is 5.21. The summed E-state index contributed by atoms with van der Waals surface area (Å²) in [5, 5.41) is 9.61. The maximum atomic E-state index is 14.8. The molecule has 8 nitrogen and oxygen atoms in total. The summed E-state index contributed by atoms with van der Waals surface area (Å²) in [5.74, 6) is -2.56. The molecule has 2 aromatic carbocycles. The number of nitrogens with one attached hydrogen (secondary N) is 2. The summed E-state index contributed by atoms with van der Waals surface area (Å²) in [6, 6.07) is 9.93. The highest BCUT2D eigenvalue weighted by Crippen LogP contribution is 2.32. The predicted molar refractivity (Wildman–Crippen MR) is 127 cm³/mol. The molecule has 2 N–H and O–H groups in total. The van der Waals surface area contributed by atoms with E-state index in [1.807, 2.05) is 24.3 Å². The molecule has 1 aliphatic carbocycles. The van der Waals surface area contributed by atoms with Gasteiger partial charge in [-0.25, -0.2) is 18.3 Å². The fraction of sp³-hybridized carbons (Fsp3) is 0.308. The van der Waals surface area contributed by atoms with E-state index in [0.29, 0.717) is 12.5 Å². The van der Waals surface area contributed by atoms with E-state index in [4.69, 9.17) is 4.74 Å². The third-order valence-corrected chi connectivity index (χ3v) is 5.72. The molecule has 3 atom stereocenters. The van der Waals surface area contributed by atoms with Crippen molar-refractivity contribution < 1.29 is 23.1 Å². The molecular formula is C26H26F2N4O4. The molecule has 36 heavy (non-hydrogen) atoms. The summed E-state index contributed by atoms with van der Waals surface area (Å²) < 4.78 is 34.6. The van der Waals surface area contributed by atoms with E-state index in [9.17, 15) is 23.2 Å². The highest BCUT2D eigenvalue weighted by atomic mass is 19.1. The van der Waals surface area contributed by atoms with Gasteiger partial charge in [0.1, 0.15) is 17.2 Å². The van der Waals surface area contributed by atoms with Gasteiger partial charge in [0.05, 0.1) is 12.1 Å². The first kappa shape index (κ1) is 25.0. The lowest BCUT2D eigenvalue weighted by atomic mass is 10.0. The third kappa shape index (κ3) is 5.42. The third-order valence-electron chi connectivity index (χ3n) is 5.72. The van der Waals surface area contributed by atoms with Crippen molar-refractivity contribution in [2.45, 2.75) is 50.9 Å². The van der Waals surface area contributed by atoms with E-state index in [-0.39, 0.29) is 5.56 Å². The van der Waals surface area contributed by atoms with Crippen molar-refractivity contribution in [1.29, 1.82) is 0 Å². The topological polar surface area (TPSA) is 102 Å². The Morgan fingerprint density at radius 1 is 1.08 bits per heavy atom. The summed E-state index contributed by atoms with van der Waals surface area (Å²) >= 11 is 0. The Hall–Kier alpha value is -4.08.